The fraction of sp³-hybridized carbons (Fsp3) is 0.385. The fourth-order valence-electron chi connectivity index (χ4n) is 2.02. The van der Waals surface area contributed by atoms with Crippen LogP contribution in [0.5, 0.6) is 0 Å². The van der Waals surface area contributed by atoms with Crippen LogP contribution in [0.1, 0.15) is 17.8 Å². The van der Waals surface area contributed by atoms with Gasteiger partial charge in [-0.25, -0.2) is 9.97 Å². The number of carboxylic acids is 1. The minimum absolute atomic E-state index is 0.157. The number of rotatable bonds is 6. The number of aliphatic carboxylic acids is 1. The lowest BCUT2D eigenvalue weighted by Gasteiger charge is -2.21. The predicted molar refractivity (Wildman–Crippen MR) is 79.9 cm³/mol. The van der Waals surface area contributed by atoms with E-state index >= 15 is 0 Å². The second-order valence-electron chi connectivity index (χ2n) is 4.73. The molecule has 21 heavy (non-hydrogen) atoms. The molecule has 0 bridgehead atoms. The van der Waals surface area contributed by atoms with E-state index in [4.69, 9.17) is 5.11 Å². The van der Waals surface area contributed by atoms with Gasteiger partial charge < -0.3 is 10.0 Å². The summed E-state index contributed by atoms with van der Waals surface area (Å²) >= 11 is 1.56. The van der Waals surface area contributed by atoms with E-state index in [9.17, 15) is 9.59 Å². The highest BCUT2D eigenvalue weighted by Crippen LogP contribution is 2.19. The van der Waals surface area contributed by atoms with Crippen LogP contribution in [0, 0.1) is 0 Å². The zero-order chi connectivity index (χ0) is 15.4. The molecule has 8 heteroatoms. The van der Waals surface area contributed by atoms with E-state index in [0.717, 1.165) is 9.57 Å². The summed E-state index contributed by atoms with van der Waals surface area (Å²) in [6, 6.07) is 0. The molecule has 2 aromatic rings. The van der Waals surface area contributed by atoms with E-state index in [1.54, 1.807) is 29.5 Å². The molecule has 2 aromatic heterocycles. The number of carboxylic acid groups (broad SMARTS) is 1. The van der Waals surface area contributed by atoms with Crippen molar-refractivity contribution >= 4 is 23.1 Å². The standard InChI is InChI=1S/C13H16N4O3S/c1-9(12-15-4-6-21-12)7-16(2)11-13(20)17(5-3-14-11)8-10(18)19/h3-6,9H,7-8H2,1-2H3,(H,18,19). The molecule has 0 spiro atoms. The Morgan fingerprint density at radius 3 is 2.86 bits per heavy atom. The maximum Gasteiger partial charge on any atom is 0.323 e. The van der Waals surface area contributed by atoms with Gasteiger partial charge in [0.25, 0.3) is 5.56 Å². The molecule has 2 heterocycles. The van der Waals surface area contributed by atoms with Gasteiger partial charge in [-0.15, -0.1) is 11.3 Å². The Morgan fingerprint density at radius 1 is 1.48 bits per heavy atom. The highest BCUT2D eigenvalue weighted by molar-refractivity contribution is 7.09. The van der Waals surface area contributed by atoms with Gasteiger partial charge in [0.05, 0.1) is 5.01 Å². The molecule has 7 nitrogen and oxygen atoms in total. The lowest BCUT2D eigenvalue weighted by molar-refractivity contribution is -0.137. The van der Waals surface area contributed by atoms with Crippen LogP contribution in [-0.2, 0) is 11.3 Å². The summed E-state index contributed by atoms with van der Waals surface area (Å²) in [6.45, 7) is 2.23. The van der Waals surface area contributed by atoms with Gasteiger partial charge in [-0.3, -0.25) is 14.2 Å². The monoisotopic (exact) mass is 308 g/mol. The van der Waals surface area contributed by atoms with E-state index in [2.05, 4.69) is 9.97 Å². The zero-order valence-electron chi connectivity index (χ0n) is 11.8. The molecule has 0 amide bonds. The van der Waals surface area contributed by atoms with Crippen molar-refractivity contribution in [2.45, 2.75) is 19.4 Å². The summed E-state index contributed by atoms with van der Waals surface area (Å²) in [5.41, 5.74) is -0.409. The quantitative estimate of drug-likeness (QED) is 0.857. The normalized spacial score (nSPS) is 12.1. The molecule has 0 aromatic carbocycles. The van der Waals surface area contributed by atoms with Crippen LogP contribution in [0.2, 0.25) is 0 Å². The van der Waals surface area contributed by atoms with Crippen molar-refractivity contribution in [3.05, 3.63) is 39.3 Å². The van der Waals surface area contributed by atoms with Crippen molar-refractivity contribution in [3.63, 3.8) is 0 Å². The molecule has 0 radical (unpaired) electrons. The van der Waals surface area contributed by atoms with Gasteiger partial charge in [0.1, 0.15) is 6.54 Å². The number of carbonyl (C=O) groups is 1. The van der Waals surface area contributed by atoms with E-state index in [-0.39, 0.29) is 18.3 Å². The van der Waals surface area contributed by atoms with Gasteiger partial charge >= 0.3 is 5.97 Å². The molecule has 0 aliphatic carbocycles. The van der Waals surface area contributed by atoms with E-state index in [1.807, 2.05) is 12.3 Å². The number of thiazole rings is 1. The Bertz CT molecular complexity index is 668. The van der Waals surface area contributed by atoms with E-state index < -0.39 is 11.5 Å². The molecule has 1 unspecified atom stereocenters. The maximum atomic E-state index is 12.2. The number of hydrogen-bond acceptors (Lipinski definition) is 6. The number of anilines is 1. The summed E-state index contributed by atoms with van der Waals surface area (Å²) < 4.78 is 1.13. The molecule has 2 rings (SSSR count). The SMILES string of the molecule is CC(CN(C)c1nccn(CC(=O)O)c1=O)c1nccs1. The second kappa shape index (κ2) is 6.49. The van der Waals surface area contributed by atoms with Crippen molar-refractivity contribution in [3.8, 4) is 0 Å². The molecular formula is C13H16N4O3S. The van der Waals surface area contributed by atoms with Crippen LogP contribution in [0.15, 0.2) is 28.8 Å². The van der Waals surface area contributed by atoms with Gasteiger partial charge in [-0.05, 0) is 0 Å². The lowest BCUT2D eigenvalue weighted by Crippen LogP contribution is -2.33. The van der Waals surface area contributed by atoms with Crippen molar-refractivity contribution < 1.29 is 9.90 Å². The average molecular weight is 308 g/mol. The number of nitrogens with zero attached hydrogens (tertiary/aromatic N) is 4. The Morgan fingerprint density at radius 2 is 2.24 bits per heavy atom. The molecule has 0 fully saturated rings. The van der Waals surface area contributed by atoms with Gasteiger partial charge in [-0.2, -0.15) is 0 Å². The topological polar surface area (TPSA) is 88.3 Å². The summed E-state index contributed by atoms with van der Waals surface area (Å²) in [4.78, 5) is 33.0. The number of likely N-dealkylation sites (N-methyl/N-ethyl adjacent to an activating group) is 1. The number of hydrogen-bond donors (Lipinski definition) is 1. The average Bonchev–Trinajstić information content (AvgIpc) is 2.94. The molecule has 112 valence electrons. The second-order valence-corrected chi connectivity index (χ2v) is 5.66. The highest BCUT2D eigenvalue weighted by atomic mass is 32.1. The zero-order valence-corrected chi connectivity index (χ0v) is 12.6. The molecule has 1 atom stereocenters. The van der Waals surface area contributed by atoms with E-state index in [0.29, 0.717) is 6.54 Å². The van der Waals surface area contributed by atoms with E-state index in [1.165, 1.54) is 12.4 Å². The lowest BCUT2D eigenvalue weighted by atomic mass is 10.2. The molecule has 0 saturated carbocycles. The summed E-state index contributed by atoms with van der Waals surface area (Å²) in [5.74, 6) is -0.667. The van der Waals surface area contributed by atoms with Gasteiger partial charge in [0.15, 0.2) is 5.82 Å². The molecular weight excluding hydrogens is 292 g/mol. The first-order valence-corrected chi connectivity index (χ1v) is 7.24. The Labute approximate surface area is 125 Å². The molecule has 0 aliphatic heterocycles. The largest absolute Gasteiger partial charge is 0.480 e. The fourth-order valence-corrected chi connectivity index (χ4v) is 2.71. The minimum atomic E-state index is -1.06. The van der Waals surface area contributed by atoms with Crippen LogP contribution in [-0.4, -0.2) is 39.2 Å². The number of aromatic nitrogens is 3. The first-order valence-electron chi connectivity index (χ1n) is 6.36. The third-order valence-corrected chi connectivity index (χ3v) is 3.99. The van der Waals surface area contributed by atoms with Gasteiger partial charge in [0, 0.05) is 43.5 Å². The Kier molecular flexibility index (Phi) is 4.69. The van der Waals surface area contributed by atoms with Crippen LogP contribution >= 0.6 is 11.3 Å². The van der Waals surface area contributed by atoms with Crippen molar-refractivity contribution in [2.24, 2.45) is 0 Å². The van der Waals surface area contributed by atoms with Crippen molar-refractivity contribution in [1.82, 2.24) is 14.5 Å². The third kappa shape index (κ3) is 3.66. The van der Waals surface area contributed by atoms with Gasteiger partial charge in [-0.1, -0.05) is 6.92 Å². The molecule has 1 N–H and O–H groups in total. The van der Waals surface area contributed by atoms with Crippen molar-refractivity contribution in [2.75, 3.05) is 18.5 Å². The Balaban J connectivity index is 2.17. The van der Waals surface area contributed by atoms with Gasteiger partial charge in [0.2, 0.25) is 0 Å². The third-order valence-electron chi connectivity index (χ3n) is 2.98. The Hall–Kier alpha value is -2.22. The molecule has 0 aliphatic rings. The van der Waals surface area contributed by atoms with Crippen LogP contribution in [0.25, 0.3) is 0 Å². The first kappa shape index (κ1) is 15.2. The van der Waals surface area contributed by atoms with Crippen LogP contribution in [0.4, 0.5) is 5.82 Å². The summed E-state index contributed by atoms with van der Waals surface area (Å²) in [5, 5.41) is 11.7. The van der Waals surface area contributed by atoms with Crippen molar-refractivity contribution in [1.29, 1.82) is 0 Å². The first-order chi connectivity index (χ1) is 9.99. The highest BCUT2D eigenvalue weighted by Gasteiger charge is 2.16. The summed E-state index contributed by atoms with van der Waals surface area (Å²) in [6.07, 6.45) is 4.55. The minimum Gasteiger partial charge on any atom is -0.480 e. The smallest absolute Gasteiger partial charge is 0.323 e. The predicted octanol–water partition coefficient (Wildman–Crippen LogP) is 1.02. The maximum absolute atomic E-state index is 12.2. The molecule has 0 saturated heterocycles. The van der Waals surface area contributed by atoms with Crippen LogP contribution < -0.4 is 10.5 Å². The summed E-state index contributed by atoms with van der Waals surface area (Å²) in [7, 11) is 1.76. The van der Waals surface area contributed by atoms with Crippen LogP contribution in [0.3, 0.4) is 0 Å².